The molecule has 2 aromatic heterocycles. The van der Waals surface area contributed by atoms with Crippen LogP contribution in [0.4, 0.5) is 0 Å². The van der Waals surface area contributed by atoms with E-state index in [4.69, 9.17) is 4.74 Å². The highest BCUT2D eigenvalue weighted by molar-refractivity contribution is 8.00. The van der Waals surface area contributed by atoms with Crippen molar-refractivity contribution in [2.75, 3.05) is 6.61 Å². The second kappa shape index (κ2) is 6.58. The molecule has 0 amide bonds. The van der Waals surface area contributed by atoms with Crippen molar-refractivity contribution in [3.63, 3.8) is 0 Å². The molecule has 0 aliphatic carbocycles. The lowest BCUT2D eigenvalue weighted by Crippen LogP contribution is -2.19. The van der Waals surface area contributed by atoms with E-state index in [0.29, 0.717) is 13.0 Å². The van der Waals surface area contributed by atoms with Gasteiger partial charge in [-0.25, -0.2) is 0 Å². The zero-order chi connectivity index (χ0) is 16.4. The maximum absolute atomic E-state index is 12.1. The predicted molar refractivity (Wildman–Crippen MR) is 91.8 cm³/mol. The number of aromatic nitrogens is 3. The number of carbonyl (C=O) groups is 1. The molecular formula is C17H19N3O2S. The van der Waals surface area contributed by atoms with Crippen LogP contribution in [0.5, 0.6) is 0 Å². The number of carbonyl (C=O) groups excluding carboxylic acids is 1. The van der Waals surface area contributed by atoms with Crippen molar-refractivity contribution in [1.29, 1.82) is 0 Å². The summed E-state index contributed by atoms with van der Waals surface area (Å²) in [6.45, 7) is 6.24. The van der Waals surface area contributed by atoms with Crippen molar-refractivity contribution in [3.05, 3.63) is 35.9 Å². The third-order valence-corrected chi connectivity index (χ3v) is 5.03. The van der Waals surface area contributed by atoms with Crippen LogP contribution < -0.4 is 0 Å². The lowest BCUT2D eigenvalue weighted by atomic mass is 10.1. The molecule has 0 bridgehead atoms. The number of nitrogens with zero attached hydrogens (tertiary/aromatic N) is 3. The molecule has 3 aromatic rings. The first kappa shape index (κ1) is 15.8. The van der Waals surface area contributed by atoms with Crippen molar-refractivity contribution in [1.82, 2.24) is 14.6 Å². The Morgan fingerprint density at radius 2 is 2.09 bits per heavy atom. The Kier molecular flexibility index (Phi) is 4.52. The molecule has 0 N–H and O–H groups in total. The normalized spacial score (nSPS) is 12.7. The van der Waals surface area contributed by atoms with Crippen molar-refractivity contribution < 1.29 is 9.53 Å². The van der Waals surface area contributed by atoms with E-state index in [1.165, 1.54) is 11.8 Å². The van der Waals surface area contributed by atoms with E-state index >= 15 is 0 Å². The summed E-state index contributed by atoms with van der Waals surface area (Å²) in [7, 11) is 0. The lowest BCUT2D eigenvalue weighted by molar-refractivity contribution is -0.142. The summed E-state index contributed by atoms with van der Waals surface area (Å²) in [4.78, 5) is 12.1. The fourth-order valence-corrected chi connectivity index (χ4v) is 3.58. The molecule has 1 aromatic carbocycles. The first-order valence-electron chi connectivity index (χ1n) is 7.72. The molecule has 0 aliphatic heterocycles. The number of pyridine rings is 1. The molecule has 0 saturated heterocycles. The minimum atomic E-state index is -0.276. The van der Waals surface area contributed by atoms with E-state index in [-0.39, 0.29) is 11.2 Å². The number of rotatable bonds is 5. The highest BCUT2D eigenvalue weighted by Crippen LogP contribution is 2.29. The fourth-order valence-electron chi connectivity index (χ4n) is 2.61. The van der Waals surface area contributed by atoms with Crippen LogP contribution in [0, 0.1) is 6.92 Å². The maximum atomic E-state index is 12.1. The van der Waals surface area contributed by atoms with Crippen LogP contribution in [-0.4, -0.2) is 32.4 Å². The Hall–Kier alpha value is -2.08. The first-order chi connectivity index (χ1) is 11.2. The summed E-state index contributed by atoms with van der Waals surface area (Å²) in [5.41, 5.74) is 3.01. The number of hydrogen-bond acceptors (Lipinski definition) is 5. The standard InChI is InChI=1S/C17H19N3O2S/c1-4-14(16(21)22-5-2)23-17-19-18-15-10-11(3)12-8-6-7-9-13(12)20(15)17/h6-10,14H,4-5H2,1-3H3/t14-/m0/s1. The molecular weight excluding hydrogens is 310 g/mol. The number of benzene rings is 1. The van der Waals surface area contributed by atoms with Crippen LogP contribution in [0.3, 0.4) is 0 Å². The molecule has 5 nitrogen and oxygen atoms in total. The molecule has 2 heterocycles. The van der Waals surface area contributed by atoms with E-state index in [1.54, 1.807) is 0 Å². The lowest BCUT2D eigenvalue weighted by Gasteiger charge is -2.12. The fraction of sp³-hybridized carbons (Fsp3) is 0.353. The van der Waals surface area contributed by atoms with Gasteiger partial charge < -0.3 is 4.74 Å². The molecule has 0 fully saturated rings. The average molecular weight is 329 g/mol. The van der Waals surface area contributed by atoms with Crippen LogP contribution in [0.1, 0.15) is 25.8 Å². The van der Waals surface area contributed by atoms with Gasteiger partial charge in [-0.15, -0.1) is 10.2 Å². The summed E-state index contributed by atoms with van der Waals surface area (Å²) >= 11 is 1.41. The highest BCUT2D eigenvalue weighted by Gasteiger charge is 2.22. The minimum absolute atomic E-state index is 0.201. The number of hydrogen-bond donors (Lipinski definition) is 0. The van der Waals surface area contributed by atoms with Crippen molar-refractivity contribution in [2.24, 2.45) is 0 Å². The summed E-state index contributed by atoms with van der Waals surface area (Å²) in [5, 5.41) is 10.1. The second-order valence-corrected chi connectivity index (χ2v) is 6.46. The van der Waals surface area contributed by atoms with Gasteiger partial charge in [-0.2, -0.15) is 0 Å². The first-order valence-corrected chi connectivity index (χ1v) is 8.60. The monoisotopic (exact) mass is 329 g/mol. The van der Waals surface area contributed by atoms with Gasteiger partial charge >= 0.3 is 5.97 Å². The third-order valence-electron chi connectivity index (χ3n) is 3.74. The van der Waals surface area contributed by atoms with Crippen LogP contribution in [0.15, 0.2) is 35.5 Å². The summed E-state index contributed by atoms with van der Waals surface area (Å²) in [5.74, 6) is -0.201. The zero-order valence-electron chi connectivity index (χ0n) is 13.4. The van der Waals surface area contributed by atoms with E-state index in [9.17, 15) is 4.79 Å². The van der Waals surface area contributed by atoms with E-state index < -0.39 is 0 Å². The summed E-state index contributed by atoms with van der Waals surface area (Å²) < 4.78 is 7.15. The Labute approximate surface area is 139 Å². The summed E-state index contributed by atoms with van der Waals surface area (Å²) in [6.07, 6.45) is 0.683. The van der Waals surface area contributed by atoms with Gasteiger partial charge in [0.15, 0.2) is 10.8 Å². The number of para-hydroxylation sites is 1. The molecule has 0 saturated carbocycles. The zero-order valence-corrected chi connectivity index (χ0v) is 14.3. The van der Waals surface area contributed by atoms with Gasteiger partial charge in [-0.1, -0.05) is 36.9 Å². The number of ether oxygens (including phenoxy) is 1. The highest BCUT2D eigenvalue weighted by atomic mass is 32.2. The number of fused-ring (bicyclic) bond motifs is 3. The van der Waals surface area contributed by atoms with Gasteiger partial charge in [-0.3, -0.25) is 9.20 Å². The summed E-state index contributed by atoms with van der Waals surface area (Å²) in [6, 6.07) is 10.2. The molecule has 0 radical (unpaired) electrons. The molecule has 1 atom stereocenters. The van der Waals surface area contributed by atoms with Crippen molar-refractivity contribution in [3.8, 4) is 0 Å². The van der Waals surface area contributed by atoms with Crippen molar-refractivity contribution >= 4 is 34.3 Å². The van der Waals surface area contributed by atoms with Gasteiger partial charge in [0.25, 0.3) is 0 Å². The maximum Gasteiger partial charge on any atom is 0.319 e. The van der Waals surface area contributed by atoms with Gasteiger partial charge in [0.2, 0.25) is 0 Å². The van der Waals surface area contributed by atoms with Gasteiger partial charge in [0, 0.05) is 5.39 Å². The largest absolute Gasteiger partial charge is 0.465 e. The Balaban J connectivity index is 2.08. The average Bonchev–Trinajstić information content (AvgIpc) is 2.95. The topological polar surface area (TPSA) is 56.5 Å². The van der Waals surface area contributed by atoms with E-state index in [1.807, 2.05) is 42.5 Å². The molecule has 23 heavy (non-hydrogen) atoms. The van der Waals surface area contributed by atoms with Crippen LogP contribution >= 0.6 is 11.8 Å². The van der Waals surface area contributed by atoms with Crippen LogP contribution in [-0.2, 0) is 9.53 Å². The molecule has 120 valence electrons. The molecule has 0 aliphatic rings. The molecule has 0 spiro atoms. The van der Waals surface area contributed by atoms with Crippen molar-refractivity contribution in [2.45, 2.75) is 37.6 Å². The SMILES string of the molecule is CCOC(=O)[C@H](CC)Sc1nnc2cc(C)c3ccccc3n12. The second-order valence-electron chi connectivity index (χ2n) is 5.29. The smallest absolute Gasteiger partial charge is 0.319 e. The minimum Gasteiger partial charge on any atom is -0.465 e. The quantitative estimate of drug-likeness (QED) is 0.528. The number of esters is 1. The van der Waals surface area contributed by atoms with Crippen LogP contribution in [0.25, 0.3) is 16.6 Å². The number of thioether (sulfide) groups is 1. The third kappa shape index (κ3) is 2.91. The Morgan fingerprint density at radius 1 is 1.30 bits per heavy atom. The Morgan fingerprint density at radius 3 is 2.83 bits per heavy atom. The van der Waals surface area contributed by atoms with E-state index in [2.05, 4.69) is 23.2 Å². The van der Waals surface area contributed by atoms with E-state index in [0.717, 1.165) is 27.3 Å². The number of aryl methyl sites for hydroxylation is 1. The molecule has 0 unspecified atom stereocenters. The molecule has 3 rings (SSSR count). The molecule has 6 heteroatoms. The van der Waals surface area contributed by atoms with Gasteiger partial charge in [0.05, 0.1) is 12.1 Å². The van der Waals surface area contributed by atoms with Crippen LogP contribution in [0.2, 0.25) is 0 Å². The van der Waals surface area contributed by atoms with Gasteiger partial charge in [0.1, 0.15) is 5.25 Å². The predicted octanol–water partition coefficient (Wildman–Crippen LogP) is 3.62. The van der Waals surface area contributed by atoms with Gasteiger partial charge in [-0.05, 0) is 38.0 Å². The Bertz CT molecular complexity index is 860.